The van der Waals surface area contributed by atoms with Crippen LogP contribution in [0.2, 0.25) is 0 Å². The molecule has 15 heavy (non-hydrogen) atoms. The fourth-order valence-corrected chi connectivity index (χ4v) is 1.17. The van der Waals surface area contributed by atoms with Crippen molar-refractivity contribution >= 4 is 12.4 Å². The van der Waals surface area contributed by atoms with E-state index in [1.165, 1.54) is 18.2 Å². The summed E-state index contributed by atoms with van der Waals surface area (Å²) in [6.07, 6.45) is -3.08. The summed E-state index contributed by atoms with van der Waals surface area (Å²) in [5, 5.41) is 18.4. The van der Waals surface area contributed by atoms with Crippen LogP contribution >= 0.6 is 12.4 Å². The van der Waals surface area contributed by atoms with E-state index in [-0.39, 0.29) is 23.7 Å². The predicted molar refractivity (Wildman–Crippen MR) is 54.6 cm³/mol. The highest BCUT2D eigenvalue weighted by Crippen LogP contribution is 2.33. The van der Waals surface area contributed by atoms with Crippen LogP contribution in [0.3, 0.4) is 0 Å². The predicted octanol–water partition coefficient (Wildman–Crippen LogP) is 2.17. The molecule has 0 unspecified atom stereocenters. The first-order valence-corrected chi connectivity index (χ1v) is 4.07. The van der Waals surface area contributed by atoms with Crippen LogP contribution in [-0.2, 0) is 0 Å². The van der Waals surface area contributed by atoms with E-state index in [0.717, 1.165) is 0 Å². The molecule has 0 aliphatic heterocycles. The lowest BCUT2D eigenvalue weighted by Gasteiger charge is -2.13. The van der Waals surface area contributed by atoms with Crippen molar-refractivity contribution in [1.82, 2.24) is 0 Å². The molecule has 6 heteroatoms. The van der Waals surface area contributed by atoms with Crippen LogP contribution in [0, 0.1) is 0 Å². The van der Waals surface area contributed by atoms with Crippen LogP contribution in [-0.4, -0.2) is 16.6 Å². The Bertz CT molecular complexity index is 323. The van der Waals surface area contributed by atoms with Crippen LogP contribution < -0.4 is 5.73 Å². The summed E-state index contributed by atoms with van der Waals surface area (Å²) in [6, 6.07) is 3.13. The van der Waals surface area contributed by atoms with Crippen molar-refractivity contribution in [2.45, 2.75) is 18.9 Å². The minimum Gasteiger partial charge on any atom is -0.504 e. The highest BCUT2D eigenvalue weighted by Gasteiger charge is 2.17. The normalized spacial score (nSPS) is 12.3. The molecule has 0 saturated heterocycles. The number of alkyl halides is 2. The SMILES string of the molecule is Cl.N[C@H](CC(F)F)c1cccc(O)c1O. The van der Waals surface area contributed by atoms with Gasteiger partial charge in [-0.15, -0.1) is 12.4 Å². The first-order valence-electron chi connectivity index (χ1n) is 4.07. The summed E-state index contributed by atoms with van der Waals surface area (Å²) in [6.45, 7) is 0. The molecule has 0 saturated carbocycles. The molecular weight excluding hydrogens is 228 g/mol. The number of phenols is 2. The maximum atomic E-state index is 12.0. The zero-order chi connectivity index (χ0) is 10.7. The maximum Gasteiger partial charge on any atom is 0.240 e. The molecule has 0 fully saturated rings. The molecule has 0 bridgehead atoms. The van der Waals surface area contributed by atoms with Gasteiger partial charge in [-0.05, 0) is 6.07 Å². The summed E-state index contributed by atoms with van der Waals surface area (Å²) in [5.41, 5.74) is 5.54. The Kier molecular flexibility index (Phi) is 5.32. The highest BCUT2D eigenvalue weighted by molar-refractivity contribution is 5.85. The molecule has 1 aromatic carbocycles. The highest BCUT2D eigenvalue weighted by atomic mass is 35.5. The van der Waals surface area contributed by atoms with Crippen LogP contribution in [0.15, 0.2) is 18.2 Å². The molecule has 1 rings (SSSR count). The van der Waals surface area contributed by atoms with Gasteiger partial charge in [0, 0.05) is 18.0 Å². The number of halogens is 3. The monoisotopic (exact) mass is 239 g/mol. The van der Waals surface area contributed by atoms with E-state index < -0.39 is 24.6 Å². The number of nitrogens with two attached hydrogens (primary N) is 1. The fraction of sp³-hybridized carbons (Fsp3) is 0.333. The van der Waals surface area contributed by atoms with E-state index in [4.69, 9.17) is 10.8 Å². The first-order chi connectivity index (χ1) is 6.52. The molecule has 3 nitrogen and oxygen atoms in total. The van der Waals surface area contributed by atoms with Gasteiger partial charge in [0.15, 0.2) is 11.5 Å². The Hall–Kier alpha value is -1.07. The second kappa shape index (κ2) is 5.72. The number of hydrogen-bond donors (Lipinski definition) is 3. The number of hydrogen-bond acceptors (Lipinski definition) is 3. The second-order valence-electron chi connectivity index (χ2n) is 2.95. The van der Waals surface area contributed by atoms with Gasteiger partial charge in [-0.2, -0.15) is 0 Å². The van der Waals surface area contributed by atoms with Gasteiger partial charge < -0.3 is 15.9 Å². The van der Waals surface area contributed by atoms with E-state index in [9.17, 15) is 13.9 Å². The Morgan fingerprint density at radius 3 is 2.40 bits per heavy atom. The van der Waals surface area contributed by atoms with Crippen LogP contribution in [0.25, 0.3) is 0 Å². The zero-order valence-corrected chi connectivity index (χ0v) is 8.55. The maximum absolute atomic E-state index is 12.0. The van der Waals surface area contributed by atoms with Gasteiger partial charge >= 0.3 is 0 Å². The summed E-state index contributed by atoms with van der Waals surface area (Å²) in [4.78, 5) is 0. The lowest BCUT2D eigenvalue weighted by molar-refractivity contribution is 0.128. The lowest BCUT2D eigenvalue weighted by atomic mass is 10.0. The molecule has 0 aliphatic rings. The van der Waals surface area contributed by atoms with E-state index in [2.05, 4.69) is 0 Å². The third-order valence-corrected chi connectivity index (χ3v) is 1.88. The van der Waals surface area contributed by atoms with Gasteiger partial charge in [-0.25, -0.2) is 8.78 Å². The van der Waals surface area contributed by atoms with Gasteiger partial charge in [-0.3, -0.25) is 0 Å². The van der Waals surface area contributed by atoms with E-state index in [0.29, 0.717) is 0 Å². The van der Waals surface area contributed by atoms with Crippen molar-refractivity contribution in [2.24, 2.45) is 5.73 Å². The third kappa shape index (κ3) is 3.53. The van der Waals surface area contributed by atoms with Gasteiger partial charge in [0.05, 0.1) is 0 Å². The Balaban J connectivity index is 0.00000196. The second-order valence-corrected chi connectivity index (χ2v) is 2.95. The molecule has 4 N–H and O–H groups in total. The average Bonchev–Trinajstić information content (AvgIpc) is 2.08. The van der Waals surface area contributed by atoms with Crippen LogP contribution in [0.1, 0.15) is 18.0 Å². The van der Waals surface area contributed by atoms with E-state index >= 15 is 0 Å². The number of phenolic OH excluding ortho intramolecular Hbond substituents is 2. The largest absolute Gasteiger partial charge is 0.504 e. The Labute approximate surface area is 91.9 Å². The lowest BCUT2D eigenvalue weighted by Crippen LogP contribution is -2.14. The van der Waals surface area contributed by atoms with Crippen LogP contribution in [0.4, 0.5) is 8.78 Å². The van der Waals surface area contributed by atoms with Crippen molar-refractivity contribution in [3.05, 3.63) is 23.8 Å². The summed E-state index contributed by atoms with van der Waals surface area (Å²) in [7, 11) is 0. The van der Waals surface area contributed by atoms with Gasteiger partial charge in [0.2, 0.25) is 6.43 Å². The van der Waals surface area contributed by atoms with E-state index in [1.54, 1.807) is 0 Å². The molecule has 0 radical (unpaired) electrons. The number of rotatable bonds is 3. The minimum atomic E-state index is -2.54. The smallest absolute Gasteiger partial charge is 0.240 e. The van der Waals surface area contributed by atoms with Crippen molar-refractivity contribution < 1.29 is 19.0 Å². The van der Waals surface area contributed by atoms with Crippen molar-refractivity contribution in [2.75, 3.05) is 0 Å². The standard InChI is InChI=1S/C9H11F2NO2.ClH/c10-8(11)4-6(12)5-2-1-3-7(13)9(5)14;/h1-3,6,8,13-14H,4,12H2;1H/t6-;/m1./s1. The van der Waals surface area contributed by atoms with Crippen molar-refractivity contribution in [1.29, 1.82) is 0 Å². The summed E-state index contributed by atoms with van der Waals surface area (Å²) in [5.74, 6) is -0.784. The molecule has 0 amide bonds. The molecule has 0 heterocycles. The minimum absolute atomic E-state index is 0. The molecule has 0 aliphatic carbocycles. The van der Waals surface area contributed by atoms with Crippen molar-refractivity contribution in [3.63, 3.8) is 0 Å². The zero-order valence-electron chi connectivity index (χ0n) is 7.73. The molecule has 0 aromatic heterocycles. The van der Waals surface area contributed by atoms with Gasteiger partial charge in [-0.1, -0.05) is 12.1 Å². The number of para-hydroxylation sites is 1. The number of aromatic hydroxyl groups is 2. The topological polar surface area (TPSA) is 66.5 Å². The van der Waals surface area contributed by atoms with E-state index in [1.807, 2.05) is 0 Å². The third-order valence-electron chi connectivity index (χ3n) is 1.88. The summed E-state index contributed by atoms with van der Waals surface area (Å²) < 4.78 is 24.0. The van der Waals surface area contributed by atoms with Gasteiger partial charge in [0.25, 0.3) is 0 Å². The molecule has 1 atom stereocenters. The fourth-order valence-electron chi connectivity index (χ4n) is 1.17. The quantitative estimate of drug-likeness (QED) is 0.709. The molecular formula is C9H12ClF2NO2. The summed E-state index contributed by atoms with van der Waals surface area (Å²) >= 11 is 0. The Morgan fingerprint density at radius 2 is 1.87 bits per heavy atom. The molecule has 0 spiro atoms. The van der Waals surface area contributed by atoms with Crippen LogP contribution in [0.5, 0.6) is 11.5 Å². The Morgan fingerprint density at radius 1 is 1.27 bits per heavy atom. The first kappa shape index (κ1) is 13.9. The van der Waals surface area contributed by atoms with Crippen molar-refractivity contribution in [3.8, 4) is 11.5 Å². The number of benzene rings is 1. The molecule has 1 aromatic rings. The van der Waals surface area contributed by atoms with Gasteiger partial charge in [0.1, 0.15) is 0 Å². The molecule has 86 valence electrons. The average molecular weight is 240 g/mol.